The van der Waals surface area contributed by atoms with Crippen LogP contribution in [0, 0.1) is 113 Å². The molecule has 10 rings (SSSR count). The molecule has 0 aromatic rings. The Morgan fingerprint density at radius 2 is 0.854 bits per heavy atom. The van der Waals surface area contributed by atoms with E-state index in [1.54, 1.807) is 0 Å². The Morgan fingerprint density at radius 1 is 0.438 bits per heavy atom. The number of unbranched alkanes of at least 4 members (excludes halogenated alkanes) is 4. The van der Waals surface area contributed by atoms with E-state index in [0.29, 0.717) is 102 Å². The number of allylic oxidation sites excluding steroid dienone is 2. The molecule has 0 radical (unpaired) electrons. The zero-order valence-corrected chi connectivity index (χ0v) is 60.1. The van der Waals surface area contributed by atoms with Crippen molar-refractivity contribution in [3.63, 3.8) is 0 Å². The summed E-state index contributed by atoms with van der Waals surface area (Å²) in [6.07, 6.45) is 33.5. The van der Waals surface area contributed by atoms with Gasteiger partial charge in [0.25, 0.3) is 0 Å². The molecule has 0 aliphatic heterocycles. The zero-order chi connectivity index (χ0) is 65.6. The highest BCUT2D eigenvalue weighted by molar-refractivity contribution is 5.85. The summed E-state index contributed by atoms with van der Waals surface area (Å²) in [6.45, 7) is 48.2. The first-order valence-electron chi connectivity index (χ1n) is 37.5. The van der Waals surface area contributed by atoms with Crippen LogP contribution in [0.5, 0.6) is 0 Å². The first-order valence-corrected chi connectivity index (χ1v) is 37.5. The van der Waals surface area contributed by atoms with E-state index in [1.807, 2.05) is 13.8 Å². The fraction of sp³-hybridized carbons (Fsp3) is 0.900. The Balaban J connectivity index is 0.000000198. The largest absolute Gasteiger partial charge is 0.465 e. The monoisotopic (exact) mass is 1240 g/mol. The predicted molar refractivity (Wildman–Crippen MR) is 361 cm³/mol. The molecule has 10 aliphatic carbocycles. The van der Waals surface area contributed by atoms with Gasteiger partial charge in [0.15, 0.2) is 0 Å². The van der Waals surface area contributed by atoms with E-state index in [1.165, 1.54) is 127 Å². The molecule has 508 valence electrons. The van der Waals surface area contributed by atoms with Crippen molar-refractivity contribution in [1.82, 2.24) is 0 Å². The molecule has 10 aliphatic rings. The third kappa shape index (κ3) is 12.7. The molecular formula is C80H134O9. The molecular weight excluding hydrogens is 1100 g/mol. The fourth-order valence-corrected chi connectivity index (χ4v) is 25.3. The van der Waals surface area contributed by atoms with Crippen LogP contribution in [0.15, 0.2) is 24.3 Å². The summed E-state index contributed by atoms with van der Waals surface area (Å²) in [5, 5.41) is 21.5. The van der Waals surface area contributed by atoms with Gasteiger partial charge in [0.2, 0.25) is 0 Å². The molecule has 0 heterocycles. The van der Waals surface area contributed by atoms with Crippen molar-refractivity contribution in [2.45, 2.75) is 328 Å². The van der Waals surface area contributed by atoms with Gasteiger partial charge in [-0.05, 0) is 270 Å². The second-order valence-corrected chi connectivity index (χ2v) is 35.4. The molecule has 0 bridgehead atoms. The minimum atomic E-state index is -0.386. The minimum absolute atomic E-state index is 0.00302. The van der Waals surface area contributed by atoms with Gasteiger partial charge in [-0.25, -0.2) is 0 Å². The van der Waals surface area contributed by atoms with Crippen molar-refractivity contribution in [3.8, 4) is 0 Å². The lowest BCUT2D eigenvalue weighted by molar-refractivity contribution is -0.252. The fourth-order valence-electron chi connectivity index (χ4n) is 25.3. The van der Waals surface area contributed by atoms with E-state index in [0.717, 1.165) is 76.0 Å². The van der Waals surface area contributed by atoms with Gasteiger partial charge in [-0.15, -0.1) is 0 Å². The van der Waals surface area contributed by atoms with E-state index in [-0.39, 0.29) is 74.0 Å². The SMILES string of the molecule is C=C(C)[C@@H]1CC[C@]2(CO)CC[C@]3(C)[C@H](CC[C@@H]4[C@@]5(C)CC[C@H](O)C(C)(C)[C@@H]5CC[C@]43C)[C@@H]12.C=C(C)[C@@H]1CC[C@]2(COC(=O)CCCC)CC[C@]3(C)[C@H](CC[C@@H]4[C@@]5(C)CC[C@H](OC(=O)CCCC)C(C)(C)[C@@H]5CC[C@]43C)[C@@H]12.CCCCC(=O)OC(=O)CCCC. The van der Waals surface area contributed by atoms with Crippen LogP contribution in [-0.4, -0.2) is 59.5 Å². The van der Waals surface area contributed by atoms with Gasteiger partial charge in [0.1, 0.15) is 6.10 Å². The first-order chi connectivity index (χ1) is 41.8. The molecule has 10 fully saturated rings. The number of esters is 4. The van der Waals surface area contributed by atoms with Crippen molar-refractivity contribution in [2.24, 2.45) is 113 Å². The third-order valence-electron chi connectivity index (χ3n) is 30.7. The van der Waals surface area contributed by atoms with Crippen molar-refractivity contribution < 1.29 is 43.6 Å². The smallest absolute Gasteiger partial charge is 0.313 e. The van der Waals surface area contributed by atoms with E-state index >= 15 is 0 Å². The quantitative estimate of drug-likeness (QED) is 0.0595. The van der Waals surface area contributed by atoms with E-state index in [4.69, 9.17) is 9.47 Å². The first kappa shape index (κ1) is 72.3. The third-order valence-corrected chi connectivity index (χ3v) is 30.7. The summed E-state index contributed by atoms with van der Waals surface area (Å²) in [5.74, 6) is 5.59. The Kier molecular flexibility index (Phi) is 22.5. The molecule has 0 unspecified atom stereocenters. The number of rotatable bonds is 18. The topological polar surface area (TPSA) is 136 Å². The van der Waals surface area contributed by atoms with Crippen LogP contribution in [0.2, 0.25) is 0 Å². The van der Waals surface area contributed by atoms with E-state index in [9.17, 15) is 29.4 Å². The molecule has 0 aromatic carbocycles. The van der Waals surface area contributed by atoms with Crippen molar-refractivity contribution in [3.05, 3.63) is 24.3 Å². The standard InChI is InChI=1S/C40H66O4.C30H50O2.C10H18O3/c1-10-12-14-33(41)43-26-40-23-18-28(27(3)4)35(40)29-16-17-31-37(7)21-20-32(44-34(42)15-13-11-2)36(5,6)30(37)19-22-39(31,9)38(29,8)24-25-40;1-19(2)20-10-15-30(18-31)17-16-28(6)21(25(20)30)8-9-23-27(5)13-12-24(32)26(3,4)22(27)11-14-29(23,28)7;1-3-5-7-9(11)13-10(12)8-6-4-2/h28-32,35H,3,10-26H2,1-2,4-9H3;20-25,31-32H,1,8-18H2,2-7H3;3-8H2,1-2H3/t28-,29+,30-,31+,32-,35+,37-,38+,39+,40+;20-,21+,22-,23+,24-,25+,27-,28+,29+,30+;/m00./s1. The van der Waals surface area contributed by atoms with Crippen LogP contribution >= 0.6 is 0 Å². The lowest BCUT2D eigenvalue weighted by Crippen LogP contribution is -2.67. The summed E-state index contributed by atoms with van der Waals surface area (Å²) in [5.41, 5.74) is 4.88. The number of aliphatic hydroxyl groups excluding tert-OH is 2. The number of carbonyl (C=O) groups is 4. The second-order valence-electron chi connectivity index (χ2n) is 35.4. The second kappa shape index (κ2) is 27.7. The molecule has 2 N–H and O–H groups in total. The maximum absolute atomic E-state index is 12.7. The van der Waals surface area contributed by atoms with Gasteiger partial charge < -0.3 is 24.4 Å². The molecule has 0 saturated heterocycles. The highest BCUT2D eigenvalue weighted by Crippen LogP contribution is 2.80. The van der Waals surface area contributed by atoms with Gasteiger partial charge >= 0.3 is 23.9 Å². The number of aliphatic hydroxyl groups is 2. The number of fused-ring (bicyclic) bond motifs is 14. The highest BCUT2D eigenvalue weighted by Gasteiger charge is 2.73. The summed E-state index contributed by atoms with van der Waals surface area (Å²) >= 11 is 0. The summed E-state index contributed by atoms with van der Waals surface area (Å²) in [7, 11) is 0. The minimum Gasteiger partial charge on any atom is -0.465 e. The molecule has 9 heteroatoms. The summed E-state index contributed by atoms with van der Waals surface area (Å²) in [4.78, 5) is 47.3. The van der Waals surface area contributed by atoms with Crippen LogP contribution < -0.4 is 0 Å². The Bertz CT molecular complexity index is 2490. The molecule has 9 nitrogen and oxygen atoms in total. The predicted octanol–water partition coefficient (Wildman–Crippen LogP) is 19.9. The molecule has 89 heavy (non-hydrogen) atoms. The van der Waals surface area contributed by atoms with Gasteiger partial charge in [-0.3, -0.25) is 19.2 Å². The van der Waals surface area contributed by atoms with Crippen LogP contribution in [0.25, 0.3) is 0 Å². The number of ether oxygens (including phenoxy) is 3. The van der Waals surface area contributed by atoms with Crippen molar-refractivity contribution in [2.75, 3.05) is 13.2 Å². The average molecular weight is 1240 g/mol. The highest BCUT2D eigenvalue weighted by atomic mass is 16.6. The van der Waals surface area contributed by atoms with Crippen LogP contribution in [0.4, 0.5) is 0 Å². The van der Waals surface area contributed by atoms with Crippen molar-refractivity contribution >= 4 is 23.9 Å². The summed E-state index contributed by atoms with van der Waals surface area (Å²) < 4.78 is 16.9. The lowest BCUT2D eigenvalue weighted by Gasteiger charge is -2.73. The Hall–Kier alpha value is -2.52. The molecule has 10 saturated carbocycles. The Morgan fingerprint density at radius 3 is 1.31 bits per heavy atom. The van der Waals surface area contributed by atoms with E-state index < -0.39 is 0 Å². The van der Waals surface area contributed by atoms with Gasteiger partial charge in [-0.1, -0.05) is 147 Å². The van der Waals surface area contributed by atoms with Crippen molar-refractivity contribution in [1.29, 1.82) is 0 Å². The van der Waals surface area contributed by atoms with Gasteiger partial charge in [0.05, 0.1) is 12.7 Å². The maximum Gasteiger partial charge on any atom is 0.313 e. The van der Waals surface area contributed by atoms with Crippen LogP contribution in [0.1, 0.15) is 316 Å². The molecule has 0 spiro atoms. The van der Waals surface area contributed by atoms with E-state index in [2.05, 4.69) is 115 Å². The molecule has 0 aromatic heterocycles. The number of hydrogen-bond acceptors (Lipinski definition) is 9. The van der Waals surface area contributed by atoms with Crippen LogP contribution in [-0.2, 0) is 33.4 Å². The number of hydrogen-bond donors (Lipinski definition) is 2. The van der Waals surface area contributed by atoms with Gasteiger partial charge in [0, 0.05) is 43.1 Å². The van der Waals surface area contributed by atoms with Gasteiger partial charge in [-0.2, -0.15) is 0 Å². The summed E-state index contributed by atoms with van der Waals surface area (Å²) in [6, 6.07) is 0. The Labute approximate surface area is 544 Å². The maximum atomic E-state index is 12.7. The average Bonchev–Trinajstić information content (AvgIpc) is 1.50. The lowest BCUT2D eigenvalue weighted by atomic mass is 9.32. The molecule has 0 amide bonds. The molecule has 20 atom stereocenters. The normalized spacial score (nSPS) is 43.5. The number of carbonyl (C=O) groups excluding carboxylic acids is 4. The zero-order valence-electron chi connectivity index (χ0n) is 60.1. The van der Waals surface area contributed by atoms with Crippen LogP contribution in [0.3, 0.4) is 0 Å².